The molecule has 2 saturated heterocycles. The summed E-state index contributed by atoms with van der Waals surface area (Å²) in [5, 5.41) is 4.22. The molecule has 0 spiro atoms. The van der Waals surface area contributed by atoms with E-state index in [1.807, 2.05) is 19.2 Å². The Bertz CT molecular complexity index is 473. The van der Waals surface area contributed by atoms with Crippen molar-refractivity contribution >= 4 is 5.91 Å². The Labute approximate surface area is 126 Å². The van der Waals surface area contributed by atoms with Crippen molar-refractivity contribution in [2.45, 2.75) is 57.7 Å². The first-order valence-electron chi connectivity index (χ1n) is 8.26. The van der Waals surface area contributed by atoms with Gasteiger partial charge in [0.2, 0.25) is 5.91 Å². The molecule has 5 heteroatoms. The number of rotatable bonds is 4. The number of aromatic nitrogens is 2. The quantitative estimate of drug-likeness (QED) is 0.850. The van der Waals surface area contributed by atoms with E-state index in [0.29, 0.717) is 12.1 Å². The molecule has 116 valence electrons. The molecule has 0 N–H and O–H groups in total. The summed E-state index contributed by atoms with van der Waals surface area (Å²) >= 11 is 0. The number of amides is 1. The minimum atomic E-state index is -0.197. The van der Waals surface area contributed by atoms with Crippen molar-refractivity contribution in [2.75, 3.05) is 19.6 Å². The lowest BCUT2D eigenvalue weighted by atomic mass is 10.0. The van der Waals surface area contributed by atoms with E-state index in [0.717, 1.165) is 25.9 Å². The molecule has 2 aliphatic heterocycles. The van der Waals surface area contributed by atoms with Gasteiger partial charge in [0.1, 0.15) is 6.04 Å². The van der Waals surface area contributed by atoms with Crippen LogP contribution in [0.4, 0.5) is 0 Å². The van der Waals surface area contributed by atoms with Gasteiger partial charge in [-0.05, 0) is 51.8 Å². The van der Waals surface area contributed by atoms with E-state index >= 15 is 0 Å². The molecule has 5 nitrogen and oxygen atoms in total. The van der Waals surface area contributed by atoms with Crippen LogP contribution < -0.4 is 0 Å². The second kappa shape index (κ2) is 6.18. The minimum absolute atomic E-state index is 0.197. The van der Waals surface area contributed by atoms with Crippen LogP contribution >= 0.6 is 0 Å². The Hall–Kier alpha value is -1.36. The third kappa shape index (κ3) is 2.71. The third-order valence-electron chi connectivity index (χ3n) is 5.13. The summed E-state index contributed by atoms with van der Waals surface area (Å²) in [5.41, 5.74) is 0. The van der Waals surface area contributed by atoms with Crippen molar-refractivity contribution in [1.29, 1.82) is 0 Å². The van der Waals surface area contributed by atoms with Gasteiger partial charge in [-0.2, -0.15) is 5.10 Å². The molecule has 0 radical (unpaired) electrons. The molecule has 0 unspecified atom stereocenters. The first-order chi connectivity index (χ1) is 10.2. The summed E-state index contributed by atoms with van der Waals surface area (Å²) in [6.45, 7) is 7.37. The first kappa shape index (κ1) is 14.6. The van der Waals surface area contributed by atoms with E-state index in [9.17, 15) is 4.79 Å². The van der Waals surface area contributed by atoms with Crippen LogP contribution in [-0.2, 0) is 4.79 Å². The molecule has 0 aromatic carbocycles. The van der Waals surface area contributed by atoms with Crippen molar-refractivity contribution in [1.82, 2.24) is 19.6 Å². The number of hydrogen-bond acceptors (Lipinski definition) is 3. The SMILES string of the molecule is CCN1CCC[C@@H]1[C@H]1CCCN1C(=O)[C@@H](C)n1cccn1. The molecule has 0 saturated carbocycles. The summed E-state index contributed by atoms with van der Waals surface area (Å²) in [5.74, 6) is 0.226. The van der Waals surface area contributed by atoms with Crippen LogP contribution in [0.15, 0.2) is 18.5 Å². The Kier molecular flexibility index (Phi) is 4.29. The summed E-state index contributed by atoms with van der Waals surface area (Å²) in [6.07, 6.45) is 8.40. The maximum atomic E-state index is 12.9. The fourth-order valence-corrected chi connectivity index (χ4v) is 4.01. The van der Waals surface area contributed by atoms with Crippen molar-refractivity contribution in [3.63, 3.8) is 0 Å². The van der Waals surface area contributed by atoms with Crippen LogP contribution in [0.1, 0.15) is 45.6 Å². The molecular formula is C16H26N4O. The van der Waals surface area contributed by atoms with Crippen LogP contribution in [-0.4, -0.2) is 57.2 Å². The van der Waals surface area contributed by atoms with Crippen molar-refractivity contribution < 1.29 is 4.79 Å². The van der Waals surface area contributed by atoms with Crippen LogP contribution in [0.3, 0.4) is 0 Å². The van der Waals surface area contributed by atoms with Gasteiger partial charge in [-0.3, -0.25) is 14.4 Å². The average Bonchev–Trinajstić information content (AvgIpc) is 3.24. The van der Waals surface area contributed by atoms with E-state index < -0.39 is 0 Å². The highest BCUT2D eigenvalue weighted by molar-refractivity contribution is 5.80. The zero-order chi connectivity index (χ0) is 14.8. The summed E-state index contributed by atoms with van der Waals surface area (Å²) in [4.78, 5) is 17.5. The fraction of sp³-hybridized carbons (Fsp3) is 0.750. The monoisotopic (exact) mass is 290 g/mol. The highest BCUT2D eigenvalue weighted by Gasteiger charge is 2.40. The largest absolute Gasteiger partial charge is 0.336 e. The number of carbonyl (C=O) groups is 1. The molecule has 1 amide bonds. The molecule has 1 aromatic heterocycles. The van der Waals surface area contributed by atoms with Gasteiger partial charge >= 0.3 is 0 Å². The number of carbonyl (C=O) groups excluding carboxylic acids is 1. The minimum Gasteiger partial charge on any atom is -0.336 e. The van der Waals surface area contributed by atoms with E-state index in [1.165, 1.54) is 19.4 Å². The van der Waals surface area contributed by atoms with Gasteiger partial charge in [0.15, 0.2) is 0 Å². The summed E-state index contributed by atoms with van der Waals surface area (Å²) < 4.78 is 1.77. The van der Waals surface area contributed by atoms with Gasteiger partial charge in [0, 0.05) is 31.0 Å². The fourth-order valence-electron chi connectivity index (χ4n) is 4.01. The van der Waals surface area contributed by atoms with Crippen molar-refractivity contribution in [3.8, 4) is 0 Å². The highest BCUT2D eigenvalue weighted by Crippen LogP contribution is 2.31. The topological polar surface area (TPSA) is 41.4 Å². The van der Waals surface area contributed by atoms with E-state index in [2.05, 4.69) is 21.8 Å². The average molecular weight is 290 g/mol. The maximum absolute atomic E-state index is 12.9. The molecule has 2 aliphatic rings. The number of likely N-dealkylation sites (tertiary alicyclic amines) is 2. The molecule has 3 atom stereocenters. The summed E-state index contributed by atoms with van der Waals surface area (Å²) in [7, 11) is 0. The molecule has 0 aliphatic carbocycles. The molecule has 0 bridgehead atoms. The number of likely N-dealkylation sites (N-methyl/N-ethyl adjacent to an activating group) is 1. The molecule has 1 aromatic rings. The number of nitrogens with zero attached hydrogens (tertiary/aromatic N) is 4. The normalized spacial score (nSPS) is 28.2. The third-order valence-corrected chi connectivity index (χ3v) is 5.13. The van der Waals surface area contributed by atoms with Crippen LogP contribution in [0.2, 0.25) is 0 Å². The lowest BCUT2D eigenvalue weighted by Crippen LogP contribution is -2.49. The second-order valence-electron chi connectivity index (χ2n) is 6.24. The lowest BCUT2D eigenvalue weighted by molar-refractivity contribution is -0.136. The predicted molar refractivity (Wildman–Crippen MR) is 81.9 cm³/mol. The van der Waals surface area contributed by atoms with E-state index in [-0.39, 0.29) is 11.9 Å². The van der Waals surface area contributed by atoms with Crippen LogP contribution in [0.25, 0.3) is 0 Å². The summed E-state index contributed by atoms with van der Waals surface area (Å²) in [6, 6.07) is 2.64. The number of hydrogen-bond donors (Lipinski definition) is 0. The van der Waals surface area contributed by atoms with Gasteiger partial charge in [0.05, 0.1) is 0 Å². The van der Waals surface area contributed by atoms with Gasteiger partial charge in [-0.25, -0.2) is 0 Å². The van der Waals surface area contributed by atoms with E-state index in [4.69, 9.17) is 0 Å². The van der Waals surface area contributed by atoms with Crippen LogP contribution in [0, 0.1) is 0 Å². The molecule has 3 rings (SSSR count). The molecule has 2 fully saturated rings. The Balaban J connectivity index is 1.73. The smallest absolute Gasteiger partial charge is 0.247 e. The zero-order valence-electron chi connectivity index (χ0n) is 13.1. The lowest BCUT2D eigenvalue weighted by Gasteiger charge is -2.35. The van der Waals surface area contributed by atoms with Gasteiger partial charge < -0.3 is 4.90 Å². The molecular weight excluding hydrogens is 264 g/mol. The second-order valence-corrected chi connectivity index (χ2v) is 6.24. The van der Waals surface area contributed by atoms with E-state index in [1.54, 1.807) is 10.9 Å². The van der Waals surface area contributed by atoms with Crippen molar-refractivity contribution in [2.24, 2.45) is 0 Å². The molecule has 21 heavy (non-hydrogen) atoms. The molecule has 3 heterocycles. The highest BCUT2D eigenvalue weighted by atomic mass is 16.2. The van der Waals surface area contributed by atoms with Gasteiger partial charge in [-0.15, -0.1) is 0 Å². The zero-order valence-corrected chi connectivity index (χ0v) is 13.1. The first-order valence-corrected chi connectivity index (χ1v) is 8.26. The van der Waals surface area contributed by atoms with Gasteiger partial charge in [-0.1, -0.05) is 6.92 Å². The predicted octanol–water partition coefficient (Wildman–Crippen LogP) is 1.92. The van der Waals surface area contributed by atoms with Gasteiger partial charge in [0.25, 0.3) is 0 Å². The van der Waals surface area contributed by atoms with Crippen LogP contribution in [0.5, 0.6) is 0 Å². The Morgan fingerprint density at radius 2 is 2.05 bits per heavy atom. The van der Waals surface area contributed by atoms with Crippen molar-refractivity contribution in [3.05, 3.63) is 18.5 Å². The maximum Gasteiger partial charge on any atom is 0.247 e. The Morgan fingerprint density at radius 3 is 2.76 bits per heavy atom. The Morgan fingerprint density at radius 1 is 1.29 bits per heavy atom. The standard InChI is InChI=1S/C16H26N4O/c1-3-18-10-4-7-14(18)15-8-5-11-19(15)16(21)13(2)20-12-6-9-17-20/h6,9,12-15H,3-5,7-8,10-11H2,1-2H3/t13-,14-,15-/m1/s1.